The summed E-state index contributed by atoms with van der Waals surface area (Å²) >= 11 is 0. The minimum absolute atomic E-state index is 0.000274. The van der Waals surface area contributed by atoms with E-state index in [0.29, 0.717) is 33.7 Å². The molecule has 0 aliphatic rings. The highest BCUT2D eigenvalue weighted by Crippen LogP contribution is 2.31. The molecule has 6 nitrogen and oxygen atoms in total. The largest absolute Gasteiger partial charge is 0.545 e. The number of para-hydroxylation sites is 1. The molecule has 27 heavy (non-hydrogen) atoms. The van der Waals surface area contributed by atoms with Gasteiger partial charge in [0.05, 0.1) is 17.5 Å². The number of carboxylic acid groups (broad SMARTS) is 2. The SMILES string of the molecule is O=C([O-])c1ccccc1-c1ccc(-c2cc(C(=O)[O-])c3ccccc3n2)o1. The molecular weight excluding hydrogens is 346 g/mol. The molecule has 0 fully saturated rings. The van der Waals surface area contributed by atoms with Gasteiger partial charge in [-0.1, -0.05) is 42.5 Å². The minimum Gasteiger partial charge on any atom is -0.545 e. The summed E-state index contributed by atoms with van der Waals surface area (Å²) in [4.78, 5) is 27.2. The number of pyridine rings is 1. The highest BCUT2D eigenvalue weighted by molar-refractivity contribution is 6.02. The van der Waals surface area contributed by atoms with Crippen molar-refractivity contribution in [2.24, 2.45) is 0 Å². The third-order valence-electron chi connectivity index (χ3n) is 4.21. The lowest BCUT2D eigenvalue weighted by Crippen LogP contribution is -2.22. The van der Waals surface area contributed by atoms with Crippen molar-refractivity contribution in [3.05, 3.63) is 77.9 Å². The molecule has 0 bridgehead atoms. The van der Waals surface area contributed by atoms with E-state index < -0.39 is 11.9 Å². The van der Waals surface area contributed by atoms with E-state index in [2.05, 4.69) is 4.98 Å². The van der Waals surface area contributed by atoms with E-state index in [0.717, 1.165) is 0 Å². The van der Waals surface area contributed by atoms with E-state index in [1.165, 1.54) is 12.1 Å². The predicted molar refractivity (Wildman–Crippen MR) is 93.5 cm³/mol. The van der Waals surface area contributed by atoms with Crippen LogP contribution in [0.4, 0.5) is 0 Å². The first-order valence-electron chi connectivity index (χ1n) is 8.06. The summed E-state index contributed by atoms with van der Waals surface area (Å²) in [6.45, 7) is 0. The van der Waals surface area contributed by atoms with Gasteiger partial charge in [0, 0.05) is 22.1 Å². The molecule has 2 aromatic heterocycles. The Morgan fingerprint density at radius 1 is 0.778 bits per heavy atom. The number of carboxylic acids is 2. The summed E-state index contributed by atoms with van der Waals surface area (Å²) in [5.41, 5.74) is 1.17. The molecule has 132 valence electrons. The lowest BCUT2D eigenvalue weighted by molar-refractivity contribution is -0.256. The zero-order chi connectivity index (χ0) is 19.0. The smallest absolute Gasteiger partial charge is 0.153 e. The van der Waals surface area contributed by atoms with Gasteiger partial charge < -0.3 is 24.2 Å². The molecule has 4 rings (SSSR count). The molecule has 0 aliphatic heterocycles. The Balaban J connectivity index is 1.85. The van der Waals surface area contributed by atoms with Crippen molar-refractivity contribution in [3.63, 3.8) is 0 Å². The number of hydrogen-bond acceptors (Lipinski definition) is 6. The zero-order valence-electron chi connectivity index (χ0n) is 13.8. The number of carbonyl (C=O) groups is 2. The summed E-state index contributed by atoms with van der Waals surface area (Å²) in [6.07, 6.45) is 0. The van der Waals surface area contributed by atoms with Gasteiger partial charge in [-0.25, -0.2) is 4.98 Å². The molecule has 0 saturated carbocycles. The maximum atomic E-state index is 11.5. The summed E-state index contributed by atoms with van der Waals surface area (Å²) < 4.78 is 5.76. The minimum atomic E-state index is -1.32. The van der Waals surface area contributed by atoms with Gasteiger partial charge in [0.1, 0.15) is 11.5 Å². The van der Waals surface area contributed by atoms with E-state index in [1.807, 2.05) is 0 Å². The zero-order valence-corrected chi connectivity index (χ0v) is 13.8. The van der Waals surface area contributed by atoms with E-state index in [9.17, 15) is 19.8 Å². The lowest BCUT2D eigenvalue weighted by atomic mass is 10.1. The first-order valence-corrected chi connectivity index (χ1v) is 8.06. The molecule has 0 N–H and O–H groups in total. The Hall–Kier alpha value is -3.93. The number of fused-ring (bicyclic) bond motifs is 1. The van der Waals surface area contributed by atoms with E-state index in [1.54, 1.807) is 54.6 Å². The molecule has 2 heterocycles. The Labute approximate surface area is 153 Å². The lowest BCUT2D eigenvalue weighted by Gasteiger charge is -2.09. The monoisotopic (exact) mass is 357 g/mol. The van der Waals surface area contributed by atoms with Gasteiger partial charge in [-0.2, -0.15) is 0 Å². The number of carbonyl (C=O) groups excluding carboxylic acids is 2. The fourth-order valence-electron chi connectivity index (χ4n) is 2.97. The molecule has 0 unspecified atom stereocenters. The average Bonchev–Trinajstić information content (AvgIpc) is 3.17. The van der Waals surface area contributed by atoms with Crippen LogP contribution >= 0.6 is 0 Å². The van der Waals surface area contributed by atoms with Crippen molar-refractivity contribution in [1.29, 1.82) is 0 Å². The van der Waals surface area contributed by atoms with E-state index in [4.69, 9.17) is 4.42 Å². The van der Waals surface area contributed by atoms with Gasteiger partial charge in [-0.15, -0.1) is 0 Å². The van der Waals surface area contributed by atoms with Gasteiger partial charge in [0.15, 0.2) is 5.76 Å². The first kappa shape index (κ1) is 16.5. The highest BCUT2D eigenvalue weighted by atomic mass is 16.4. The van der Waals surface area contributed by atoms with Crippen LogP contribution in [-0.4, -0.2) is 16.9 Å². The molecule has 0 aliphatic carbocycles. The average molecular weight is 357 g/mol. The van der Waals surface area contributed by atoms with Crippen LogP contribution in [0.5, 0.6) is 0 Å². The second kappa shape index (κ2) is 6.42. The Kier molecular flexibility index (Phi) is 3.93. The molecule has 0 amide bonds. The van der Waals surface area contributed by atoms with Gasteiger partial charge in [-0.05, 0) is 24.3 Å². The number of nitrogens with zero attached hydrogens (tertiary/aromatic N) is 1. The normalized spacial score (nSPS) is 10.8. The molecule has 4 aromatic rings. The van der Waals surface area contributed by atoms with Crippen LogP contribution in [0.25, 0.3) is 33.7 Å². The molecular formula is C21H11NO5-2. The van der Waals surface area contributed by atoms with Crippen LogP contribution in [0, 0.1) is 0 Å². The summed E-state index contributed by atoms with van der Waals surface area (Å²) in [5, 5.41) is 23.3. The summed E-state index contributed by atoms with van der Waals surface area (Å²) in [6, 6.07) is 17.7. The number of aromatic nitrogens is 1. The predicted octanol–water partition coefficient (Wildman–Crippen LogP) is 1.89. The van der Waals surface area contributed by atoms with Gasteiger partial charge >= 0.3 is 0 Å². The van der Waals surface area contributed by atoms with Crippen LogP contribution in [0.3, 0.4) is 0 Å². The highest BCUT2D eigenvalue weighted by Gasteiger charge is 2.14. The quantitative estimate of drug-likeness (QED) is 0.552. The standard InChI is InChI=1S/C21H13NO5/c23-20(24)14-7-2-1-6-13(14)18-9-10-19(27-18)17-11-15(21(25)26)12-5-3-4-8-16(12)22-17/h1-11H,(H,23,24)(H,25,26)/p-2. The van der Waals surface area contributed by atoms with Crippen molar-refractivity contribution in [2.75, 3.05) is 0 Å². The molecule has 6 heteroatoms. The number of rotatable bonds is 4. The molecule has 0 radical (unpaired) electrons. The number of aromatic carboxylic acids is 2. The number of hydrogen-bond donors (Lipinski definition) is 0. The topological polar surface area (TPSA) is 106 Å². The fourth-order valence-corrected chi connectivity index (χ4v) is 2.97. The van der Waals surface area contributed by atoms with Gasteiger partial charge in [0.2, 0.25) is 0 Å². The van der Waals surface area contributed by atoms with Crippen molar-refractivity contribution >= 4 is 22.8 Å². The third-order valence-corrected chi connectivity index (χ3v) is 4.21. The van der Waals surface area contributed by atoms with Gasteiger partial charge in [-0.3, -0.25) is 0 Å². The van der Waals surface area contributed by atoms with Crippen LogP contribution in [0.15, 0.2) is 71.1 Å². The Morgan fingerprint density at radius 3 is 2.22 bits per heavy atom. The van der Waals surface area contributed by atoms with Crippen LogP contribution in [0.2, 0.25) is 0 Å². The summed E-state index contributed by atoms with van der Waals surface area (Å²) in [7, 11) is 0. The van der Waals surface area contributed by atoms with Crippen LogP contribution in [-0.2, 0) is 0 Å². The molecule has 2 aromatic carbocycles. The maximum absolute atomic E-state index is 11.5. The third kappa shape index (κ3) is 2.93. The van der Waals surface area contributed by atoms with Crippen molar-refractivity contribution in [2.45, 2.75) is 0 Å². The van der Waals surface area contributed by atoms with Crippen LogP contribution in [0.1, 0.15) is 20.7 Å². The first-order chi connectivity index (χ1) is 13.0. The van der Waals surface area contributed by atoms with E-state index in [-0.39, 0.29) is 11.1 Å². The number of benzene rings is 2. The van der Waals surface area contributed by atoms with E-state index >= 15 is 0 Å². The van der Waals surface area contributed by atoms with Crippen molar-refractivity contribution < 1.29 is 24.2 Å². The summed E-state index contributed by atoms with van der Waals surface area (Å²) in [5.74, 6) is -2.00. The Bertz CT molecular complexity index is 1190. The molecule has 0 spiro atoms. The Morgan fingerprint density at radius 2 is 1.44 bits per heavy atom. The van der Waals surface area contributed by atoms with Crippen molar-refractivity contribution in [3.8, 4) is 22.8 Å². The second-order valence-corrected chi connectivity index (χ2v) is 5.86. The van der Waals surface area contributed by atoms with Crippen molar-refractivity contribution in [1.82, 2.24) is 4.98 Å². The molecule has 0 saturated heterocycles. The number of furan rings is 1. The van der Waals surface area contributed by atoms with Crippen LogP contribution < -0.4 is 10.2 Å². The maximum Gasteiger partial charge on any atom is 0.153 e. The molecule has 0 atom stereocenters. The van der Waals surface area contributed by atoms with Gasteiger partial charge in [0.25, 0.3) is 0 Å². The fraction of sp³-hybridized carbons (Fsp3) is 0. The second-order valence-electron chi connectivity index (χ2n) is 5.86.